The molecule has 1 aromatic heterocycles. The molecule has 1 saturated heterocycles. The van der Waals surface area contributed by atoms with Gasteiger partial charge in [0.15, 0.2) is 0 Å². The molecule has 2 N–H and O–H groups in total. The van der Waals surface area contributed by atoms with Crippen LogP contribution in [0.25, 0.3) is 0 Å². The second kappa shape index (κ2) is 8.17. The number of carbonyl (C=O) groups is 1. The summed E-state index contributed by atoms with van der Waals surface area (Å²) in [4.78, 5) is 13.4. The van der Waals surface area contributed by atoms with Gasteiger partial charge in [0.1, 0.15) is 12.4 Å². The lowest BCUT2D eigenvalue weighted by molar-refractivity contribution is 0.0939. The van der Waals surface area contributed by atoms with Gasteiger partial charge in [0, 0.05) is 23.0 Å². The van der Waals surface area contributed by atoms with Crippen molar-refractivity contribution in [1.29, 1.82) is 0 Å². The molecule has 1 fully saturated rings. The molecule has 1 atom stereocenters. The Morgan fingerprint density at radius 3 is 3.00 bits per heavy atom. The molecule has 2 aromatic rings. The number of carbonyl (C=O) groups excluding carboxylic acids is 1. The van der Waals surface area contributed by atoms with Crippen LogP contribution in [0.1, 0.15) is 21.7 Å². The summed E-state index contributed by atoms with van der Waals surface area (Å²) in [6.07, 6.45) is 0.986. The third kappa shape index (κ3) is 4.47. The minimum absolute atomic E-state index is 0. The lowest BCUT2D eigenvalue weighted by Crippen LogP contribution is -2.36. The number of thiophene rings is 1. The number of amides is 1. The maximum absolute atomic E-state index is 12.2. The molecular weight excluding hydrogens is 320 g/mol. The summed E-state index contributed by atoms with van der Waals surface area (Å²) >= 11 is 1.66. The number of hydrogen-bond donors (Lipinski definition) is 2. The van der Waals surface area contributed by atoms with Gasteiger partial charge in [-0.2, -0.15) is 0 Å². The van der Waals surface area contributed by atoms with Crippen LogP contribution in [-0.2, 0) is 6.61 Å². The minimum Gasteiger partial charge on any atom is -0.488 e. The van der Waals surface area contributed by atoms with Gasteiger partial charge < -0.3 is 15.4 Å². The highest BCUT2D eigenvalue weighted by Crippen LogP contribution is 2.17. The van der Waals surface area contributed by atoms with E-state index in [1.807, 2.05) is 35.7 Å². The summed E-state index contributed by atoms with van der Waals surface area (Å²) in [6, 6.07) is 11.6. The predicted molar refractivity (Wildman–Crippen MR) is 91.1 cm³/mol. The maximum atomic E-state index is 12.2. The van der Waals surface area contributed by atoms with Crippen molar-refractivity contribution in [2.75, 3.05) is 13.1 Å². The smallest absolute Gasteiger partial charge is 0.251 e. The third-order valence-corrected chi connectivity index (χ3v) is 4.30. The number of halogens is 1. The van der Waals surface area contributed by atoms with Gasteiger partial charge in [0.05, 0.1) is 0 Å². The summed E-state index contributed by atoms with van der Waals surface area (Å²) < 4.78 is 5.73. The van der Waals surface area contributed by atoms with Gasteiger partial charge in [-0.25, -0.2) is 0 Å². The first-order chi connectivity index (χ1) is 10.3. The molecule has 4 nitrogen and oxygen atoms in total. The van der Waals surface area contributed by atoms with Crippen LogP contribution >= 0.6 is 23.7 Å². The molecule has 2 heterocycles. The van der Waals surface area contributed by atoms with Crippen molar-refractivity contribution in [2.45, 2.75) is 19.1 Å². The summed E-state index contributed by atoms with van der Waals surface area (Å²) in [5, 5.41) is 8.30. The summed E-state index contributed by atoms with van der Waals surface area (Å²) in [7, 11) is 0. The molecule has 1 amide bonds. The zero-order chi connectivity index (χ0) is 14.5. The Morgan fingerprint density at radius 2 is 2.27 bits per heavy atom. The Morgan fingerprint density at radius 1 is 1.36 bits per heavy atom. The van der Waals surface area contributed by atoms with Gasteiger partial charge in [0.2, 0.25) is 0 Å². The highest BCUT2D eigenvalue weighted by molar-refractivity contribution is 7.09. The van der Waals surface area contributed by atoms with Crippen molar-refractivity contribution in [3.05, 3.63) is 52.2 Å². The van der Waals surface area contributed by atoms with Crippen molar-refractivity contribution in [3.8, 4) is 5.75 Å². The number of nitrogens with one attached hydrogen (secondary N) is 2. The number of ether oxygens (including phenoxy) is 1. The minimum atomic E-state index is -0.0368. The lowest BCUT2D eigenvalue weighted by atomic mass is 10.1. The fraction of sp³-hybridized carbons (Fsp3) is 0.312. The van der Waals surface area contributed by atoms with Gasteiger partial charge in [-0.1, -0.05) is 12.1 Å². The molecule has 0 bridgehead atoms. The van der Waals surface area contributed by atoms with E-state index in [1.165, 1.54) is 4.88 Å². The molecule has 1 aliphatic heterocycles. The van der Waals surface area contributed by atoms with Gasteiger partial charge in [0.25, 0.3) is 5.91 Å². The number of hydrogen-bond acceptors (Lipinski definition) is 4. The van der Waals surface area contributed by atoms with E-state index in [1.54, 1.807) is 17.4 Å². The SMILES string of the molecule is Cl.O=C(NC1CCNC1)c1cccc(OCc2cccs2)c1. The Labute approximate surface area is 140 Å². The van der Waals surface area contributed by atoms with Crippen LogP contribution in [0.4, 0.5) is 0 Å². The van der Waals surface area contributed by atoms with Crippen molar-refractivity contribution in [3.63, 3.8) is 0 Å². The van der Waals surface area contributed by atoms with E-state index in [9.17, 15) is 4.79 Å². The molecule has 0 spiro atoms. The molecule has 1 aromatic carbocycles. The van der Waals surface area contributed by atoms with E-state index in [4.69, 9.17) is 4.74 Å². The first kappa shape index (κ1) is 16.8. The highest BCUT2D eigenvalue weighted by Gasteiger charge is 2.17. The van der Waals surface area contributed by atoms with Crippen LogP contribution in [0.5, 0.6) is 5.75 Å². The van der Waals surface area contributed by atoms with Crippen LogP contribution in [0.3, 0.4) is 0 Å². The molecule has 118 valence electrons. The molecule has 3 rings (SSSR count). The topological polar surface area (TPSA) is 50.4 Å². The molecule has 0 saturated carbocycles. The third-order valence-electron chi connectivity index (χ3n) is 3.45. The quantitative estimate of drug-likeness (QED) is 0.881. The second-order valence-corrected chi connectivity index (χ2v) is 6.09. The first-order valence-corrected chi connectivity index (χ1v) is 7.96. The van der Waals surface area contributed by atoms with E-state index in [2.05, 4.69) is 10.6 Å². The molecule has 6 heteroatoms. The van der Waals surface area contributed by atoms with Gasteiger partial charge in [-0.15, -0.1) is 23.7 Å². The average molecular weight is 339 g/mol. The van der Waals surface area contributed by atoms with E-state index in [0.717, 1.165) is 25.3 Å². The van der Waals surface area contributed by atoms with Crippen LogP contribution < -0.4 is 15.4 Å². The summed E-state index contributed by atoms with van der Waals surface area (Å²) in [5.41, 5.74) is 0.644. The van der Waals surface area contributed by atoms with Crippen LogP contribution in [-0.4, -0.2) is 25.0 Å². The zero-order valence-electron chi connectivity index (χ0n) is 12.1. The maximum Gasteiger partial charge on any atom is 0.251 e. The van der Waals surface area contributed by atoms with E-state index >= 15 is 0 Å². The molecule has 0 radical (unpaired) electrons. The lowest BCUT2D eigenvalue weighted by Gasteiger charge is -2.12. The van der Waals surface area contributed by atoms with Crippen LogP contribution in [0.2, 0.25) is 0 Å². The van der Waals surface area contributed by atoms with E-state index < -0.39 is 0 Å². The van der Waals surface area contributed by atoms with E-state index in [0.29, 0.717) is 12.2 Å². The van der Waals surface area contributed by atoms with E-state index in [-0.39, 0.29) is 24.4 Å². The summed E-state index contributed by atoms with van der Waals surface area (Å²) in [5.74, 6) is 0.686. The fourth-order valence-corrected chi connectivity index (χ4v) is 2.94. The largest absolute Gasteiger partial charge is 0.488 e. The average Bonchev–Trinajstić information content (AvgIpc) is 3.19. The van der Waals surface area contributed by atoms with Crippen LogP contribution in [0.15, 0.2) is 41.8 Å². The molecule has 1 aliphatic rings. The number of benzene rings is 1. The molecular formula is C16H19ClN2O2S. The fourth-order valence-electron chi connectivity index (χ4n) is 2.32. The summed E-state index contributed by atoms with van der Waals surface area (Å²) in [6.45, 7) is 2.35. The van der Waals surface area contributed by atoms with Crippen molar-refractivity contribution in [1.82, 2.24) is 10.6 Å². The molecule has 22 heavy (non-hydrogen) atoms. The van der Waals surface area contributed by atoms with Gasteiger partial charge in [-0.05, 0) is 42.6 Å². The van der Waals surface area contributed by atoms with Crippen molar-refractivity contribution >= 4 is 29.7 Å². The van der Waals surface area contributed by atoms with Crippen LogP contribution in [0, 0.1) is 0 Å². The zero-order valence-corrected chi connectivity index (χ0v) is 13.7. The predicted octanol–water partition coefficient (Wildman–Crippen LogP) is 2.84. The Kier molecular flexibility index (Phi) is 6.24. The van der Waals surface area contributed by atoms with Gasteiger partial charge in [-0.3, -0.25) is 4.79 Å². The monoisotopic (exact) mass is 338 g/mol. The normalized spacial score (nSPS) is 16.8. The Balaban J connectivity index is 0.00000176. The first-order valence-electron chi connectivity index (χ1n) is 7.08. The van der Waals surface area contributed by atoms with Crippen molar-refractivity contribution < 1.29 is 9.53 Å². The Hall–Kier alpha value is -1.56. The highest BCUT2D eigenvalue weighted by atomic mass is 35.5. The van der Waals surface area contributed by atoms with Crippen molar-refractivity contribution in [2.24, 2.45) is 0 Å². The molecule has 0 aliphatic carbocycles. The Bertz CT molecular complexity index is 598. The second-order valence-electron chi connectivity index (χ2n) is 5.06. The standard InChI is InChI=1S/C16H18N2O2S.ClH/c19-16(18-13-6-7-17-10-13)12-3-1-4-14(9-12)20-11-15-5-2-8-21-15;/h1-5,8-9,13,17H,6-7,10-11H2,(H,18,19);1H. The van der Waals surface area contributed by atoms with Gasteiger partial charge >= 0.3 is 0 Å². The number of rotatable bonds is 5. The molecule has 1 unspecified atom stereocenters.